The lowest BCUT2D eigenvalue weighted by Gasteiger charge is -2.16. The summed E-state index contributed by atoms with van der Waals surface area (Å²) < 4.78 is 31.1. The zero-order chi connectivity index (χ0) is 14.3. The van der Waals surface area contributed by atoms with Crippen molar-refractivity contribution in [3.05, 3.63) is 12.4 Å². The third-order valence-corrected chi connectivity index (χ3v) is 3.84. The Morgan fingerprint density at radius 3 is 2.58 bits per heavy atom. The molecule has 0 aliphatic heterocycles. The van der Waals surface area contributed by atoms with Crippen LogP contribution in [0.4, 0.5) is 5.95 Å². The topological polar surface area (TPSA) is 110 Å². The largest absolute Gasteiger partial charge is 0.383 e. The number of sulfonamides is 1. The van der Waals surface area contributed by atoms with E-state index in [4.69, 9.17) is 10.5 Å². The van der Waals surface area contributed by atoms with Gasteiger partial charge in [0.05, 0.1) is 19.0 Å². The molecule has 0 saturated carbocycles. The molecule has 1 aromatic rings. The highest BCUT2D eigenvalue weighted by molar-refractivity contribution is 7.89. The lowest BCUT2D eigenvalue weighted by Crippen LogP contribution is -2.34. The van der Waals surface area contributed by atoms with Gasteiger partial charge in [-0.2, -0.15) is 0 Å². The molecule has 0 aliphatic rings. The van der Waals surface area contributed by atoms with Crippen LogP contribution in [-0.4, -0.2) is 63.7 Å². The van der Waals surface area contributed by atoms with E-state index in [1.54, 1.807) is 7.11 Å². The Kier molecular flexibility index (Phi) is 6.09. The van der Waals surface area contributed by atoms with E-state index < -0.39 is 10.0 Å². The van der Waals surface area contributed by atoms with Crippen molar-refractivity contribution in [1.82, 2.24) is 19.6 Å². The zero-order valence-electron chi connectivity index (χ0n) is 11.0. The number of likely N-dealkylation sites (N-methyl/N-ethyl adjacent to an activating group) is 1. The monoisotopic (exact) mass is 289 g/mol. The molecule has 0 saturated heterocycles. The lowest BCUT2D eigenvalue weighted by molar-refractivity contribution is 0.162. The number of ether oxygens (including phenoxy) is 1. The molecule has 1 heterocycles. The maximum absolute atomic E-state index is 11.9. The molecule has 108 valence electrons. The molecule has 0 aromatic carbocycles. The Morgan fingerprint density at radius 2 is 2.00 bits per heavy atom. The smallest absolute Gasteiger partial charge is 0.243 e. The number of hydrogen-bond acceptors (Lipinski definition) is 7. The molecular formula is C10H19N5O3S. The van der Waals surface area contributed by atoms with Crippen molar-refractivity contribution in [2.24, 2.45) is 0 Å². The number of nitrogens with two attached hydrogens (primary N) is 1. The fraction of sp³-hybridized carbons (Fsp3) is 0.600. The molecule has 0 amide bonds. The van der Waals surface area contributed by atoms with E-state index in [0.29, 0.717) is 19.7 Å². The predicted octanol–water partition coefficient (Wildman–Crippen LogP) is -1.08. The summed E-state index contributed by atoms with van der Waals surface area (Å²) in [6.07, 6.45) is 2.36. The Balaban J connectivity index is 2.45. The van der Waals surface area contributed by atoms with Crippen molar-refractivity contribution in [3.63, 3.8) is 0 Å². The predicted molar refractivity (Wildman–Crippen MR) is 71.0 cm³/mol. The van der Waals surface area contributed by atoms with E-state index >= 15 is 0 Å². The molecule has 19 heavy (non-hydrogen) atoms. The number of methoxy groups -OCH3 is 1. The van der Waals surface area contributed by atoms with Crippen molar-refractivity contribution in [2.75, 3.05) is 46.1 Å². The normalized spacial score (nSPS) is 11.9. The van der Waals surface area contributed by atoms with Crippen LogP contribution < -0.4 is 10.5 Å². The molecule has 1 rings (SSSR count). The Hall–Kier alpha value is -1.29. The highest BCUT2D eigenvalue weighted by atomic mass is 32.2. The average Bonchev–Trinajstić information content (AvgIpc) is 2.36. The first-order chi connectivity index (χ1) is 8.95. The van der Waals surface area contributed by atoms with Crippen molar-refractivity contribution < 1.29 is 13.2 Å². The zero-order valence-corrected chi connectivity index (χ0v) is 11.9. The van der Waals surface area contributed by atoms with E-state index in [9.17, 15) is 8.42 Å². The Labute approximate surface area is 113 Å². The number of rotatable bonds is 8. The number of nitrogens with zero attached hydrogens (tertiary/aromatic N) is 3. The first-order valence-electron chi connectivity index (χ1n) is 5.70. The van der Waals surface area contributed by atoms with Gasteiger partial charge in [-0.15, -0.1) is 0 Å². The maximum Gasteiger partial charge on any atom is 0.243 e. The Bertz CT molecular complexity index is 476. The molecule has 0 bridgehead atoms. The molecule has 0 radical (unpaired) electrons. The SMILES string of the molecule is COCCN(C)CCNS(=O)(=O)c1cnc(N)nc1. The summed E-state index contributed by atoms with van der Waals surface area (Å²) in [5.74, 6) is 0.0400. The number of anilines is 1. The van der Waals surface area contributed by atoms with Crippen LogP contribution in [-0.2, 0) is 14.8 Å². The van der Waals surface area contributed by atoms with Gasteiger partial charge in [0.1, 0.15) is 4.90 Å². The van der Waals surface area contributed by atoms with Gasteiger partial charge in [-0.25, -0.2) is 23.1 Å². The third kappa shape index (κ3) is 5.47. The van der Waals surface area contributed by atoms with Gasteiger partial charge in [-0.1, -0.05) is 0 Å². The van der Waals surface area contributed by atoms with Gasteiger partial charge in [0, 0.05) is 26.7 Å². The number of aromatic nitrogens is 2. The summed E-state index contributed by atoms with van der Waals surface area (Å²) in [6, 6.07) is 0. The van der Waals surface area contributed by atoms with Crippen LogP contribution in [0, 0.1) is 0 Å². The molecule has 3 N–H and O–H groups in total. The molecule has 0 fully saturated rings. The van der Waals surface area contributed by atoms with E-state index in [2.05, 4.69) is 14.7 Å². The number of nitrogen functional groups attached to an aromatic ring is 1. The van der Waals surface area contributed by atoms with Crippen molar-refractivity contribution in [3.8, 4) is 0 Å². The van der Waals surface area contributed by atoms with Gasteiger partial charge < -0.3 is 15.4 Å². The van der Waals surface area contributed by atoms with Gasteiger partial charge in [-0.3, -0.25) is 0 Å². The van der Waals surface area contributed by atoms with Crippen LogP contribution in [0.2, 0.25) is 0 Å². The lowest BCUT2D eigenvalue weighted by atomic mass is 10.5. The second-order valence-corrected chi connectivity index (χ2v) is 5.74. The minimum absolute atomic E-state index is 0.00115. The molecule has 8 nitrogen and oxygen atoms in total. The van der Waals surface area contributed by atoms with Crippen LogP contribution in [0.1, 0.15) is 0 Å². The molecule has 0 spiro atoms. The number of hydrogen-bond donors (Lipinski definition) is 2. The maximum atomic E-state index is 11.9. The third-order valence-electron chi connectivity index (χ3n) is 2.42. The van der Waals surface area contributed by atoms with E-state index in [-0.39, 0.29) is 10.8 Å². The van der Waals surface area contributed by atoms with Crippen molar-refractivity contribution in [1.29, 1.82) is 0 Å². The van der Waals surface area contributed by atoms with Crippen LogP contribution in [0.25, 0.3) is 0 Å². The molecule has 0 unspecified atom stereocenters. The fourth-order valence-corrected chi connectivity index (χ4v) is 2.19. The van der Waals surface area contributed by atoms with Crippen LogP contribution >= 0.6 is 0 Å². The van der Waals surface area contributed by atoms with Gasteiger partial charge in [0.25, 0.3) is 0 Å². The van der Waals surface area contributed by atoms with E-state index in [1.807, 2.05) is 11.9 Å². The van der Waals surface area contributed by atoms with Gasteiger partial charge in [0.2, 0.25) is 16.0 Å². The highest BCUT2D eigenvalue weighted by Crippen LogP contribution is 2.05. The van der Waals surface area contributed by atoms with Gasteiger partial charge in [0.15, 0.2) is 0 Å². The van der Waals surface area contributed by atoms with E-state index in [1.165, 1.54) is 12.4 Å². The number of nitrogens with one attached hydrogen (secondary N) is 1. The van der Waals surface area contributed by atoms with Gasteiger partial charge >= 0.3 is 0 Å². The summed E-state index contributed by atoms with van der Waals surface area (Å²) in [4.78, 5) is 9.26. The molecule has 0 atom stereocenters. The van der Waals surface area contributed by atoms with Crippen LogP contribution in [0.5, 0.6) is 0 Å². The van der Waals surface area contributed by atoms with Crippen LogP contribution in [0.3, 0.4) is 0 Å². The standard InChI is InChI=1S/C10H19N5O3S/c1-15(5-6-18-2)4-3-14-19(16,17)9-7-12-10(11)13-8-9/h7-8,14H,3-6H2,1-2H3,(H2,11,12,13). The van der Waals surface area contributed by atoms with E-state index in [0.717, 1.165) is 6.54 Å². The minimum atomic E-state index is -3.58. The van der Waals surface area contributed by atoms with Crippen molar-refractivity contribution >= 4 is 16.0 Å². The fourth-order valence-electron chi connectivity index (χ4n) is 1.28. The average molecular weight is 289 g/mol. The highest BCUT2D eigenvalue weighted by Gasteiger charge is 2.14. The second-order valence-electron chi connectivity index (χ2n) is 3.97. The molecule has 1 aromatic heterocycles. The summed E-state index contributed by atoms with van der Waals surface area (Å²) in [5.41, 5.74) is 5.30. The first kappa shape index (κ1) is 15.8. The van der Waals surface area contributed by atoms with Crippen molar-refractivity contribution in [2.45, 2.75) is 4.90 Å². The summed E-state index contributed by atoms with van der Waals surface area (Å²) in [5, 5.41) is 0. The first-order valence-corrected chi connectivity index (χ1v) is 7.18. The summed E-state index contributed by atoms with van der Waals surface area (Å²) >= 11 is 0. The van der Waals surface area contributed by atoms with Gasteiger partial charge in [-0.05, 0) is 7.05 Å². The summed E-state index contributed by atoms with van der Waals surface area (Å²) in [6.45, 7) is 2.23. The molecule has 0 aliphatic carbocycles. The minimum Gasteiger partial charge on any atom is -0.383 e. The Morgan fingerprint density at radius 1 is 1.37 bits per heavy atom. The van der Waals surface area contributed by atoms with Crippen LogP contribution in [0.15, 0.2) is 17.3 Å². The molecular weight excluding hydrogens is 270 g/mol. The summed E-state index contributed by atoms with van der Waals surface area (Å²) in [7, 11) is -0.0705. The second kappa shape index (κ2) is 7.34. The molecule has 9 heteroatoms. The quantitative estimate of drug-likeness (QED) is 0.626.